The van der Waals surface area contributed by atoms with Gasteiger partial charge in [-0.2, -0.15) is 0 Å². The number of hydrogen-bond donors (Lipinski definition) is 0. The Morgan fingerprint density at radius 2 is 0.981 bits per heavy atom. The first kappa shape index (κ1) is 30.5. The zero-order chi connectivity index (χ0) is 35.6. The van der Waals surface area contributed by atoms with Gasteiger partial charge in [-0.1, -0.05) is 158 Å². The normalized spacial score (nSPS) is 11.7. The maximum atomic E-state index is 6.52. The van der Waals surface area contributed by atoms with E-state index in [1.54, 1.807) is 0 Å². The van der Waals surface area contributed by atoms with Crippen LogP contribution in [0, 0.1) is 0 Å². The summed E-state index contributed by atoms with van der Waals surface area (Å²) in [4.78, 5) is 2.38. The minimum Gasteiger partial charge on any atom is -0.455 e. The van der Waals surface area contributed by atoms with Crippen LogP contribution in [0.5, 0.6) is 0 Å². The van der Waals surface area contributed by atoms with E-state index >= 15 is 0 Å². The smallest absolute Gasteiger partial charge is 0.143 e. The number of anilines is 3. The van der Waals surface area contributed by atoms with Gasteiger partial charge in [0.25, 0.3) is 0 Å². The number of nitrogens with zero attached hydrogens (tertiary/aromatic N) is 1. The van der Waals surface area contributed by atoms with Gasteiger partial charge in [0.15, 0.2) is 0 Å². The van der Waals surface area contributed by atoms with E-state index in [2.05, 4.69) is 199 Å². The number of hydrogen-bond acceptors (Lipinski definition) is 2. The van der Waals surface area contributed by atoms with E-state index in [9.17, 15) is 0 Å². The van der Waals surface area contributed by atoms with Crippen LogP contribution in [-0.4, -0.2) is 0 Å². The van der Waals surface area contributed by atoms with Crippen LogP contribution in [0.4, 0.5) is 17.1 Å². The Labute approximate surface area is 312 Å². The van der Waals surface area contributed by atoms with Crippen LogP contribution < -0.4 is 4.90 Å². The minimum absolute atomic E-state index is 0.906. The van der Waals surface area contributed by atoms with Crippen molar-refractivity contribution in [3.63, 3.8) is 0 Å². The van der Waals surface area contributed by atoms with Crippen molar-refractivity contribution in [3.05, 3.63) is 200 Å². The SMILES string of the molecule is c1ccc(-c2cccc(N(c3ccc(-c4cccc5c4ccc4ccc6ccccc6c45)cc3)c3cccc4c3ccc3c5ccccc5oc43)c2)cc1. The van der Waals surface area contributed by atoms with Crippen molar-refractivity contribution >= 4 is 82.1 Å². The molecule has 0 fully saturated rings. The van der Waals surface area contributed by atoms with Crippen LogP contribution in [0.15, 0.2) is 205 Å². The molecule has 2 heteroatoms. The highest BCUT2D eigenvalue weighted by Crippen LogP contribution is 2.44. The first-order valence-electron chi connectivity index (χ1n) is 18.5. The molecule has 1 heterocycles. The van der Waals surface area contributed by atoms with Crippen molar-refractivity contribution in [2.75, 3.05) is 4.90 Å². The van der Waals surface area contributed by atoms with Crippen LogP contribution in [0.3, 0.4) is 0 Å². The Kier molecular flexibility index (Phi) is 6.90. The number of rotatable bonds is 5. The zero-order valence-electron chi connectivity index (χ0n) is 29.4. The second-order valence-electron chi connectivity index (χ2n) is 14.1. The van der Waals surface area contributed by atoms with Gasteiger partial charge in [0, 0.05) is 32.9 Å². The summed E-state index contributed by atoms with van der Waals surface area (Å²) in [7, 11) is 0. The molecule has 0 radical (unpaired) electrons. The van der Waals surface area contributed by atoms with Crippen LogP contribution in [-0.2, 0) is 0 Å². The summed E-state index contributed by atoms with van der Waals surface area (Å²) >= 11 is 0. The number of fused-ring (bicyclic) bond motifs is 10. The summed E-state index contributed by atoms with van der Waals surface area (Å²) in [6.45, 7) is 0. The number of furan rings is 1. The molecular formula is C52H33NO. The largest absolute Gasteiger partial charge is 0.455 e. The molecule has 0 aliphatic rings. The molecule has 0 unspecified atom stereocenters. The molecule has 0 aliphatic carbocycles. The molecule has 252 valence electrons. The second kappa shape index (κ2) is 12.2. The van der Waals surface area contributed by atoms with Gasteiger partial charge in [0.2, 0.25) is 0 Å². The van der Waals surface area contributed by atoms with Gasteiger partial charge in [-0.15, -0.1) is 0 Å². The maximum absolute atomic E-state index is 6.52. The molecule has 0 aliphatic heterocycles. The monoisotopic (exact) mass is 687 g/mol. The summed E-state index contributed by atoms with van der Waals surface area (Å²) in [5.41, 5.74) is 9.85. The third kappa shape index (κ3) is 4.81. The summed E-state index contributed by atoms with van der Waals surface area (Å²) in [6, 6.07) is 72.3. The van der Waals surface area contributed by atoms with E-state index in [-0.39, 0.29) is 0 Å². The fourth-order valence-electron chi connectivity index (χ4n) is 8.51. The van der Waals surface area contributed by atoms with Crippen molar-refractivity contribution in [1.82, 2.24) is 0 Å². The maximum Gasteiger partial charge on any atom is 0.143 e. The molecule has 2 nitrogen and oxygen atoms in total. The molecular weight excluding hydrogens is 655 g/mol. The lowest BCUT2D eigenvalue weighted by Crippen LogP contribution is -2.10. The quantitative estimate of drug-likeness (QED) is 0.168. The number of para-hydroxylation sites is 1. The van der Waals surface area contributed by atoms with Gasteiger partial charge in [0.05, 0.1) is 5.69 Å². The van der Waals surface area contributed by atoms with Gasteiger partial charge >= 0.3 is 0 Å². The van der Waals surface area contributed by atoms with E-state index in [0.29, 0.717) is 0 Å². The fourth-order valence-corrected chi connectivity index (χ4v) is 8.51. The lowest BCUT2D eigenvalue weighted by molar-refractivity contribution is 0.672. The van der Waals surface area contributed by atoms with Gasteiger partial charge in [-0.25, -0.2) is 0 Å². The first-order valence-corrected chi connectivity index (χ1v) is 18.5. The van der Waals surface area contributed by atoms with Crippen LogP contribution >= 0.6 is 0 Å². The molecule has 11 rings (SSSR count). The first-order chi connectivity index (χ1) is 26.8. The van der Waals surface area contributed by atoms with E-state index < -0.39 is 0 Å². The Hall–Kier alpha value is -7.16. The van der Waals surface area contributed by atoms with Gasteiger partial charge in [-0.3, -0.25) is 0 Å². The third-order valence-electron chi connectivity index (χ3n) is 11.0. The summed E-state index contributed by atoms with van der Waals surface area (Å²) in [5, 5.41) is 12.1. The third-order valence-corrected chi connectivity index (χ3v) is 11.0. The molecule has 0 saturated carbocycles. The Morgan fingerprint density at radius 3 is 1.89 bits per heavy atom. The van der Waals surface area contributed by atoms with Crippen LogP contribution in [0.25, 0.3) is 87.3 Å². The molecule has 1 aromatic heterocycles. The Balaban J connectivity index is 1.09. The summed E-state index contributed by atoms with van der Waals surface area (Å²) in [5.74, 6) is 0. The second-order valence-corrected chi connectivity index (χ2v) is 14.1. The summed E-state index contributed by atoms with van der Waals surface area (Å²) < 4.78 is 6.52. The highest BCUT2D eigenvalue weighted by Gasteiger charge is 2.19. The van der Waals surface area contributed by atoms with E-state index in [1.807, 2.05) is 6.07 Å². The molecule has 10 aromatic carbocycles. The van der Waals surface area contributed by atoms with Gasteiger partial charge in [0.1, 0.15) is 11.2 Å². The Bertz CT molecular complexity index is 3210. The van der Waals surface area contributed by atoms with E-state index in [0.717, 1.165) is 49.8 Å². The molecule has 0 spiro atoms. The average Bonchev–Trinajstić information content (AvgIpc) is 3.63. The molecule has 54 heavy (non-hydrogen) atoms. The molecule has 0 atom stereocenters. The minimum atomic E-state index is 0.906. The van der Waals surface area contributed by atoms with Crippen LogP contribution in [0.1, 0.15) is 0 Å². The van der Waals surface area contributed by atoms with Crippen LogP contribution in [0.2, 0.25) is 0 Å². The topological polar surface area (TPSA) is 16.4 Å². The fraction of sp³-hybridized carbons (Fsp3) is 0. The standard InChI is InChI=1S/C52H33NO/c1-2-11-34(12-3-1)38-14-8-15-40(33-38)53(49-21-10-20-47-44(49)31-32-48-45-17-6-7-22-50(45)54-52(47)48)39-28-25-36(26-29-39)41-18-9-19-46-43(41)30-27-37-24-23-35-13-4-5-16-42(35)51(37)46/h1-33H. The lowest BCUT2D eigenvalue weighted by Gasteiger charge is -2.27. The van der Waals surface area contributed by atoms with Crippen molar-refractivity contribution in [3.8, 4) is 22.3 Å². The molecule has 0 amide bonds. The molecule has 11 aromatic rings. The van der Waals surface area contributed by atoms with E-state index in [4.69, 9.17) is 4.42 Å². The van der Waals surface area contributed by atoms with Crippen molar-refractivity contribution < 1.29 is 4.42 Å². The van der Waals surface area contributed by atoms with Crippen molar-refractivity contribution in [1.29, 1.82) is 0 Å². The van der Waals surface area contributed by atoms with Crippen molar-refractivity contribution in [2.45, 2.75) is 0 Å². The highest BCUT2D eigenvalue weighted by atomic mass is 16.3. The molecule has 0 bridgehead atoms. The van der Waals surface area contributed by atoms with Crippen molar-refractivity contribution in [2.24, 2.45) is 0 Å². The lowest BCUT2D eigenvalue weighted by atomic mass is 9.92. The van der Waals surface area contributed by atoms with Gasteiger partial charge < -0.3 is 9.32 Å². The summed E-state index contributed by atoms with van der Waals surface area (Å²) in [6.07, 6.45) is 0. The highest BCUT2D eigenvalue weighted by molar-refractivity contribution is 6.22. The molecule has 0 N–H and O–H groups in total. The Morgan fingerprint density at radius 1 is 0.333 bits per heavy atom. The number of benzene rings is 10. The average molecular weight is 688 g/mol. The predicted octanol–water partition coefficient (Wildman–Crippen LogP) is 15.0. The zero-order valence-corrected chi connectivity index (χ0v) is 29.4. The van der Waals surface area contributed by atoms with Gasteiger partial charge in [-0.05, 0) is 97.0 Å². The van der Waals surface area contributed by atoms with E-state index in [1.165, 1.54) is 54.6 Å². The molecule has 0 saturated heterocycles. The predicted molar refractivity (Wildman–Crippen MR) is 229 cm³/mol.